The minimum absolute atomic E-state index is 0.633. The molecule has 1 fully saturated rings. The maximum atomic E-state index is 8.45. The van der Waals surface area contributed by atoms with Gasteiger partial charge in [0.05, 0.1) is 19.3 Å². The van der Waals surface area contributed by atoms with Crippen molar-refractivity contribution in [3.8, 4) is 6.07 Å². The van der Waals surface area contributed by atoms with Crippen LogP contribution in [0.3, 0.4) is 0 Å². The predicted octanol–water partition coefficient (Wildman–Crippen LogP) is 0.554. The fraction of sp³-hybridized carbons (Fsp3) is 0.909. The zero-order valence-corrected chi connectivity index (χ0v) is 9.61. The third-order valence-corrected chi connectivity index (χ3v) is 2.72. The van der Waals surface area contributed by atoms with Gasteiger partial charge in [-0.2, -0.15) is 5.26 Å². The Kier molecular flexibility index (Phi) is 6.33. The zero-order valence-electron chi connectivity index (χ0n) is 9.61. The molecule has 1 heterocycles. The summed E-state index contributed by atoms with van der Waals surface area (Å²) in [5.74, 6) is 0. The average Bonchev–Trinajstić information content (AvgIpc) is 2.28. The van der Waals surface area contributed by atoms with Crippen molar-refractivity contribution in [1.82, 2.24) is 9.80 Å². The molecule has 0 aromatic heterocycles. The van der Waals surface area contributed by atoms with Crippen molar-refractivity contribution in [2.75, 3.05) is 53.0 Å². The lowest BCUT2D eigenvalue weighted by molar-refractivity contribution is 0.0364. The summed E-state index contributed by atoms with van der Waals surface area (Å²) in [6.07, 6.45) is 1.82. The summed E-state index contributed by atoms with van der Waals surface area (Å²) >= 11 is 0. The number of nitriles is 1. The molecule has 0 unspecified atom stereocenters. The van der Waals surface area contributed by atoms with E-state index < -0.39 is 0 Å². The van der Waals surface area contributed by atoms with Crippen molar-refractivity contribution in [3.63, 3.8) is 0 Å². The average molecular weight is 211 g/mol. The van der Waals surface area contributed by atoms with Crippen molar-refractivity contribution in [2.45, 2.75) is 12.8 Å². The van der Waals surface area contributed by atoms with E-state index in [1.165, 1.54) is 6.42 Å². The van der Waals surface area contributed by atoms with E-state index in [4.69, 9.17) is 10.00 Å². The molecule has 0 saturated carbocycles. The lowest BCUT2D eigenvalue weighted by Crippen LogP contribution is -2.37. The first-order chi connectivity index (χ1) is 7.33. The lowest BCUT2D eigenvalue weighted by atomic mass is 10.3. The zero-order chi connectivity index (χ0) is 10.9. The van der Waals surface area contributed by atoms with Gasteiger partial charge in [-0.3, -0.25) is 4.90 Å². The second-order valence-electron chi connectivity index (χ2n) is 4.02. The number of hydrogen-bond donors (Lipinski definition) is 0. The Morgan fingerprint density at radius 2 is 2.07 bits per heavy atom. The maximum absolute atomic E-state index is 8.45. The number of nitrogens with zero attached hydrogens (tertiary/aromatic N) is 3. The summed E-state index contributed by atoms with van der Waals surface area (Å²) in [6, 6.07) is 2.17. The third kappa shape index (κ3) is 5.73. The summed E-state index contributed by atoms with van der Waals surface area (Å²) in [7, 11) is 2.08. The predicted molar refractivity (Wildman–Crippen MR) is 59.6 cm³/mol. The van der Waals surface area contributed by atoms with E-state index in [0.717, 1.165) is 45.9 Å². The van der Waals surface area contributed by atoms with Gasteiger partial charge >= 0.3 is 0 Å². The van der Waals surface area contributed by atoms with Crippen LogP contribution in [-0.4, -0.2) is 62.8 Å². The minimum Gasteiger partial charge on any atom is -0.379 e. The van der Waals surface area contributed by atoms with Crippen LogP contribution in [0.4, 0.5) is 0 Å². The maximum Gasteiger partial charge on any atom is 0.0635 e. The molecule has 0 radical (unpaired) electrons. The van der Waals surface area contributed by atoms with Crippen LogP contribution >= 0.6 is 0 Å². The van der Waals surface area contributed by atoms with Crippen LogP contribution in [0.1, 0.15) is 12.8 Å². The molecule has 1 aliphatic heterocycles. The summed E-state index contributed by atoms with van der Waals surface area (Å²) in [6.45, 7) is 7.03. The fourth-order valence-electron chi connectivity index (χ4n) is 1.74. The van der Waals surface area contributed by atoms with Crippen LogP contribution in [0.25, 0.3) is 0 Å². The highest BCUT2D eigenvalue weighted by molar-refractivity contribution is 4.71. The van der Waals surface area contributed by atoms with E-state index in [1.54, 1.807) is 0 Å². The highest BCUT2D eigenvalue weighted by Crippen LogP contribution is 1.99. The van der Waals surface area contributed by atoms with Crippen LogP contribution in [0.2, 0.25) is 0 Å². The van der Waals surface area contributed by atoms with Crippen LogP contribution in [-0.2, 0) is 4.74 Å². The van der Waals surface area contributed by atoms with Gasteiger partial charge in [-0.05, 0) is 26.6 Å². The van der Waals surface area contributed by atoms with Gasteiger partial charge in [0.25, 0.3) is 0 Å². The van der Waals surface area contributed by atoms with Crippen LogP contribution in [0.15, 0.2) is 0 Å². The summed E-state index contributed by atoms with van der Waals surface area (Å²) < 4.78 is 5.29. The molecule has 1 aliphatic rings. The van der Waals surface area contributed by atoms with Crippen molar-refractivity contribution in [3.05, 3.63) is 0 Å². The number of rotatable bonds is 6. The molecule has 1 saturated heterocycles. The molecule has 0 aliphatic carbocycles. The highest BCUT2D eigenvalue weighted by Gasteiger charge is 2.09. The molecular formula is C11H21N3O. The molecule has 4 heteroatoms. The number of hydrogen-bond acceptors (Lipinski definition) is 4. The van der Waals surface area contributed by atoms with E-state index in [9.17, 15) is 0 Å². The van der Waals surface area contributed by atoms with Crippen LogP contribution < -0.4 is 0 Å². The molecule has 0 bridgehead atoms. The molecule has 4 nitrogen and oxygen atoms in total. The number of ether oxygens (including phenoxy) is 1. The largest absolute Gasteiger partial charge is 0.379 e. The molecule has 0 atom stereocenters. The van der Waals surface area contributed by atoms with Crippen molar-refractivity contribution in [2.24, 2.45) is 0 Å². The first-order valence-corrected chi connectivity index (χ1v) is 5.68. The summed E-state index contributed by atoms with van der Waals surface area (Å²) in [5, 5.41) is 8.45. The molecule has 1 rings (SSSR count). The van der Waals surface area contributed by atoms with Gasteiger partial charge in [0.15, 0.2) is 0 Å². The Morgan fingerprint density at radius 1 is 1.33 bits per heavy atom. The van der Waals surface area contributed by atoms with E-state index in [-0.39, 0.29) is 0 Å². The van der Waals surface area contributed by atoms with E-state index >= 15 is 0 Å². The summed E-state index contributed by atoms with van der Waals surface area (Å²) in [5.41, 5.74) is 0. The second kappa shape index (κ2) is 7.63. The normalized spacial score (nSPS) is 17.9. The fourth-order valence-corrected chi connectivity index (χ4v) is 1.74. The minimum atomic E-state index is 0.633. The lowest BCUT2D eigenvalue weighted by Gasteiger charge is -2.27. The molecular weight excluding hydrogens is 190 g/mol. The summed E-state index contributed by atoms with van der Waals surface area (Å²) in [4.78, 5) is 4.67. The highest BCUT2D eigenvalue weighted by atomic mass is 16.5. The van der Waals surface area contributed by atoms with E-state index in [1.807, 2.05) is 0 Å². The van der Waals surface area contributed by atoms with Crippen molar-refractivity contribution in [1.29, 1.82) is 5.26 Å². The van der Waals surface area contributed by atoms with Crippen LogP contribution in [0.5, 0.6) is 0 Å². The molecule has 0 aromatic rings. The van der Waals surface area contributed by atoms with Gasteiger partial charge in [-0.1, -0.05) is 0 Å². The van der Waals surface area contributed by atoms with E-state index in [2.05, 4.69) is 22.9 Å². The van der Waals surface area contributed by atoms with Gasteiger partial charge in [0.2, 0.25) is 0 Å². The van der Waals surface area contributed by atoms with Crippen LogP contribution in [0, 0.1) is 11.3 Å². The Balaban J connectivity index is 1.97. The van der Waals surface area contributed by atoms with Gasteiger partial charge < -0.3 is 9.64 Å². The molecule has 0 amide bonds. The van der Waals surface area contributed by atoms with E-state index in [0.29, 0.717) is 6.42 Å². The second-order valence-corrected chi connectivity index (χ2v) is 4.02. The molecule has 0 aromatic carbocycles. The Bertz CT molecular complexity index is 196. The molecule has 15 heavy (non-hydrogen) atoms. The quantitative estimate of drug-likeness (QED) is 0.643. The first-order valence-electron chi connectivity index (χ1n) is 5.68. The van der Waals surface area contributed by atoms with Gasteiger partial charge in [-0.25, -0.2) is 0 Å². The number of morpholine rings is 1. The molecule has 0 N–H and O–H groups in total. The van der Waals surface area contributed by atoms with Crippen molar-refractivity contribution < 1.29 is 4.74 Å². The topological polar surface area (TPSA) is 39.5 Å². The van der Waals surface area contributed by atoms with Gasteiger partial charge in [0.1, 0.15) is 0 Å². The molecule has 0 spiro atoms. The monoisotopic (exact) mass is 211 g/mol. The van der Waals surface area contributed by atoms with Crippen molar-refractivity contribution >= 4 is 0 Å². The Labute approximate surface area is 92.4 Å². The molecule has 86 valence electrons. The standard InChI is InChI=1S/C11H21N3O/c1-13(5-2-4-12)6-3-7-14-8-10-15-11-9-14/h2-3,5-11H2,1H3. The SMILES string of the molecule is CN(CCC#N)CCCN1CCOCC1. The Hall–Kier alpha value is -0.630. The smallest absolute Gasteiger partial charge is 0.0635 e. The van der Waals surface area contributed by atoms with Gasteiger partial charge in [-0.15, -0.1) is 0 Å². The Morgan fingerprint density at radius 3 is 2.73 bits per heavy atom. The third-order valence-electron chi connectivity index (χ3n) is 2.72. The van der Waals surface area contributed by atoms with Gasteiger partial charge in [0, 0.05) is 26.1 Å². The first kappa shape index (κ1) is 12.4.